The van der Waals surface area contributed by atoms with Gasteiger partial charge >= 0.3 is 0 Å². The second-order valence-electron chi connectivity index (χ2n) is 4.27. The molecule has 0 bridgehead atoms. The highest BCUT2D eigenvalue weighted by Gasteiger charge is 2.15. The molecule has 4 nitrogen and oxygen atoms in total. The number of nitrogens with two attached hydrogens (primary N) is 1. The number of anilines is 1. The Morgan fingerprint density at radius 2 is 2.00 bits per heavy atom. The minimum atomic E-state index is -3.31. The molecule has 3 N–H and O–H groups in total. The lowest BCUT2D eigenvalue weighted by atomic mass is 10.2. The van der Waals surface area contributed by atoms with Gasteiger partial charge in [0.1, 0.15) is 0 Å². The fourth-order valence-corrected chi connectivity index (χ4v) is 3.20. The zero-order valence-corrected chi connectivity index (χ0v) is 11.1. The van der Waals surface area contributed by atoms with Crippen LogP contribution < -0.4 is 10.5 Å². The maximum atomic E-state index is 11.9. The standard InChI is InChI=1S/C12H20N2O2S/c1-3-6-10(2)14-17(15,16)9-11-7-4-5-8-12(11)13/h4-5,7-8,10,14H,3,6,9,13H2,1-2H3. The first kappa shape index (κ1) is 14.0. The van der Waals surface area contributed by atoms with Gasteiger partial charge in [0, 0.05) is 11.7 Å². The number of benzene rings is 1. The number of para-hydroxylation sites is 1. The highest BCUT2D eigenvalue weighted by molar-refractivity contribution is 7.88. The molecule has 5 heteroatoms. The molecule has 0 spiro atoms. The van der Waals surface area contributed by atoms with Crippen molar-refractivity contribution in [1.82, 2.24) is 4.72 Å². The summed E-state index contributed by atoms with van der Waals surface area (Å²) in [6.07, 6.45) is 1.79. The van der Waals surface area contributed by atoms with Crippen molar-refractivity contribution in [3.8, 4) is 0 Å². The van der Waals surface area contributed by atoms with Gasteiger partial charge in [-0.1, -0.05) is 31.5 Å². The van der Waals surface area contributed by atoms with E-state index in [9.17, 15) is 8.42 Å². The number of hydrogen-bond donors (Lipinski definition) is 2. The minimum absolute atomic E-state index is 0.0325. The molecule has 1 rings (SSSR count). The van der Waals surface area contributed by atoms with Crippen LogP contribution in [0.1, 0.15) is 32.3 Å². The number of nitrogen functional groups attached to an aromatic ring is 1. The monoisotopic (exact) mass is 256 g/mol. The molecular weight excluding hydrogens is 236 g/mol. The van der Waals surface area contributed by atoms with E-state index in [1.54, 1.807) is 24.3 Å². The van der Waals surface area contributed by atoms with Gasteiger partial charge in [0.25, 0.3) is 0 Å². The van der Waals surface area contributed by atoms with Crippen LogP contribution in [-0.2, 0) is 15.8 Å². The third-order valence-corrected chi connectivity index (χ3v) is 3.96. The average molecular weight is 256 g/mol. The van der Waals surface area contributed by atoms with Crippen molar-refractivity contribution in [2.45, 2.75) is 38.5 Å². The largest absolute Gasteiger partial charge is 0.398 e. The van der Waals surface area contributed by atoms with Crippen LogP contribution in [0.3, 0.4) is 0 Å². The maximum absolute atomic E-state index is 11.9. The molecule has 1 unspecified atom stereocenters. The summed E-state index contributed by atoms with van der Waals surface area (Å²) in [5.74, 6) is -0.0618. The molecule has 1 atom stereocenters. The number of sulfonamides is 1. The molecule has 96 valence electrons. The van der Waals surface area contributed by atoms with Crippen LogP contribution in [0.2, 0.25) is 0 Å². The summed E-state index contributed by atoms with van der Waals surface area (Å²) < 4.78 is 26.4. The van der Waals surface area contributed by atoms with Crippen molar-refractivity contribution in [3.05, 3.63) is 29.8 Å². The van der Waals surface area contributed by atoms with Crippen LogP contribution in [-0.4, -0.2) is 14.5 Å². The summed E-state index contributed by atoms with van der Waals surface area (Å²) in [5.41, 5.74) is 6.88. The van der Waals surface area contributed by atoms with Crippen LogP contribution in [0.15, 0.2) is 24.3 Å². The normalized spacial score (nSPS) is 13.5. The van der Waals surface area contributed by atoms with Crippen LogP contribution in [0.4, 0.5) is 5.69 Å². The van der Waals surface area contributed by atoms with Gasteiger partial charge in [0.15, 0.2) is 0 Å². The lowest BCUT2D eigenvalue weighted by Gasteiger charge is -2.13. The topological polar surface area (TPSA) is 72.2 Å². The molecular formula is C12H20N2O2S. The average Bonchev–Trinajstić information content (AvgIpc) is 2.20. The van der Waals surface area contributed by atoms with Crippen LogP contribution in [0, 0.1) is 0 Å². The molecule has 0 saturated carbocycles. The summed E-state index contributed by atoms with van der Waals surface area (Å²) in [6.45, 7) is 3.90. The molecule has 0 radical (unpaired) electrons. The summed E-state index contributed by atoms with van der Waals surface area (Å²) in [6, 6.07) is 6.99. The molecule has 0 aliphatic heterocycles. The van der Waals surface area contributed by atoms with Gasteiger partial charge in [-0.25, -0.2) is 13.1 Å². The summed E-state index contributed by atoms with van der Waals surface area (Å²) in [4.78, 5) is 0. The SMILES string of the molecule is CCCC(C)NS(=O)(=O)Cc1ccccc1N. The molecule has 0 amide bonds. The summed E-state index contributed by atoms with van der Waals surface area (Å²) in [7, 11) is -3.31. The Hall–Kier alpha value is -1.07. The van der Waals surface area contributed by atoms with Crippen molar-refractivity contribution >= 4 is 15.7 Å². The van der Waals surface area contributed by atoms with Gasteiger partial charge in [-0.15, -0.1) is 0 Å². The van der Waals surface area contributed by atoms with Crippen LogP contribution in [0.5, 0.6) is 0 Å². The van der Waals surface area contributed by atoms with Crippen molar-refractivity contribution in [2.75, 3.05) is 5.73 Å². The van der Waals surface area contributed by atoms with E-state index in [-0.39, 0.29) is 11.8 Å². The molecule has 0 aromatic heterocycles. The van der Waals surface area contributed by atoms with E-state index in [4.69, 9.17) is 5.73 Å². The quantitative estimate of drug-likeness (QED) is 0.763. The Morgan fingerprint density at radius 3 is 2.59 bits per heavy atom. The van der Waals surface area contributed by atoms with E-state index in [0.29, 0.717) is 11.3 Å². The Balaban J connectivity index is 2.70. The van der Waals surface area contributed by atoms with Gasteiger partial charge in [0.05, 0.1) is 5.75 Å². The lowest BCUT2D eigenvalue weighted by Crippen LogP contribution is -2.33. The highest BCUT2D eigenvalue weighted by atomic mass is 32.2. The predicted molar refractivity (Wildman–Crippen MR) is 71.0 cm³/mol. The van der Waals surface area contributed by atoms with Gasteiger partial charge < -0.3 is 5.73 Å². The number of hydrogen-bond acceptors (Lipinski definition) is 3. The van der Waals surface area contributed by atoms with Crippen molar-refractivity contribution in [3.63, 3.8) is 0 Å². The zero-order chi connectivity index (χ0) is 12.9. The molecule has 17 heavy (non-hydrogen) atoms. The van der Waals surface area contributed by atoms with Crippen molar-refractivity contribution < 1.29 is 8.42 Å². The van der Waals surface area contributed by atoms with Gasteiger partial charge in [-0.05, 0) is 25.0 Å². The number of nitrogens with one attached hydrogen (secondary N) is 1. The number of rotatable bonds is 6. The lowest BCUT2D eigenvalue weighted by molar-refractivity contribution is 0.543. The highest BCUT2D eigenvalue weighted by Crippen LogP contribution is 2.14. The molecule has 0 aliphatic carbocycles. The first-order valence-electron chi connectivity index (χ1n) is 5.78. The van der Waals surface area contributed by atoms with E-state index in [1.807, 2.05) is 13.8 Å². The molecule has 0 saturated heterocycles. The molecule has 1 aromatic carbocycles. The Morgan fingerprint density at radius 1 is 1.35 bits per heavy atom. The fraction of sp³-hybridized carbons (Fsp3) is 0.500. The van der Waals surface area contributed by atoms with Crippen LogP contribution in [0.25, 0.3) is 0 Å². The van der Waals surface area contributed by atoms with E-state index in [1.165, 1.54) is 0 Å². The summed E-state index contributed by atoms with van der Waals surface area (Å²) >= 11 is 0. The summed E-state index contributed by atoms with van der Waals surface area (Å²) in [5, 5.41) is 0. The second kappa shape index (κ2) is 6.02. The second-order valence-corrected chi connectivity index (χ2v) is 6.02. The predicted octanol–water partition coefficient (Wildman–Crippen LogP) is 1.88. The zero-order valence-electron chi connectivity index (χ0n) is 10.3. The van der Waals surface area contributed by atoms with Crippen LogP contribution >= 0.6 is 0 Å². The molecule has 0 heterocycles. The molecule has 1 aromatic rings. The third-order valence-electron chi connectivity index (χ3n) is 2.50. The van der Waals surface area contributed by atoms with E-state index in [0.717, 1.165) is 12.8 Å². The molecule has 0 aliphatic rings. The fourth-order valence-electron chi connectivity index (χ4n) is 1.71. The van der Waals surface area contributed by atoms with E-state index >= 15 is 0 Å². The van der Waals surface area contributed by atoms with Gasteiger partial charge in [-0.3, -0.25) is 0 Å². The van der Waals surface area contributed by atoms with E-state index < -0.39 is 10.0 Å². The molecule has 0 fully saturated rings. The third kappa shape index (κ3) is 4.75. The Kier molecular flexibility index (Phi) is 4.96. The Labute approximate surface area is 103 Å². The maximum Gasteiger partial charge on any atom is 0.216 e. The Bertz CT molecular complexity index is 457. The first-order chi connectivity index (χ1) is 7.94. The van der Waals surface area contributed by atoms with Gasteiger partial charge in [0.2, 0.25) is 10.0 Å². The first-order valence-corrected chi connectivity index (χ1v) is 7.43. The smallest absolute Gasteiger partial charge is 0.216 e. The minimum Gasteiger partial charge on any atom is -0.398 e. The van der Waals surface area contributed by atoms with E-state index in [2.05, 4.69) is 4.72 Å². The van der Waals surface area contributed by atoms with Crippen molar-refractivity contribution in [2.24, 2.45) is 0 Å². The van der Waals surface area contributed by atoms with Gasteiger partial charge in [-0.2, -0.15) is 0 Å². The van der Waals surface area contributed by atoms with Crippen molar-refractivity contribution in [1.29, 1.82) is 0 Å².